The second-order valence-corrected chi connectivity index (χ2v) is 7.21. The number of carbonyl (C=O) groups is 1. The first-order chi connectivity index (χ1) is 13.5. The second kappa shape index (κ2) is 7.81. The molecule has 4 rings (SSSR count). The number of carbonyl (C=O) groups excluding carboxylic acids is 1. The molecule has 28 heavy (non-hydrogen) atoms. The van der Waals surface area contributed by atoms with Crippen LogP contribution in [0.1, 0.15) is 15.9 Å². The lowest BCUT2D eigenvalue weighted by molar-refractivity contribution is 0.0628. The third-order valence-electron chi connectivity index (χ3n) is 5.03. The number of pyridine rings is 1. The summed E-state index contributed by atoms with van der Waals surface area (Å²) >= 11 is 6.41. The molecule has 0 radical (unpaired) electrons. The number of halogens is 3. The SMILES string of the molecule is O=C(c1ccc(F)c(F)c1)N1CCN(Cc2c(Cl)ccc3cccnc23)CC1. The Bertz CT molecular complexity index is 1040. The molecule has 0 bridgehead atoms. The van der Waals surface area contributed by atoms with Crippen LogP contribution in [0.5, 0.6) is 0 Å². The van der Waals surface area contributed by atoms with Gasteiger partial charge in [-0.15, -0.1) is 0 Å². The van der Waals surface area contributed by atoms with Gasteiger partial charge in [0.1, 0.15) is 0 Å². The molecule has 1 saturated heterocycles. The Morgan fingerprint density at radius 2 is 1.82 bits per heavy atom. The first-order valence-corrected chi connectivity index (χ1v) is 9.39. The van der Waals surface area contributed by atoms with Crippen LogP contribution in [0.15, 0.2) is 48.7 Å². The van der Waals surface area contributed by atoms with Crippen molar-refractivity contribution in [1.29, 1.82) is 0 Å². The summed E-state index contributed by atoms with van der Waals surface area (Å²) in [6, 6.07) is 11.0. The molecular formula is C21H18ClF2N3O. The van der Waals surface area contributed by atoms with Crippen molar-refractivity contribution in [3.63, 3.8) is 0 Å². The van der Waals surface area contributed by atoms with E-state index in [1.807, 2.05) is 24.3 Å². The van der Waals surface area contributed by atoms with Crippen LogP contribution in [0.25, 0.3) is 10.9 Å². The molecule has 1 fully saturated rings. The summed E-state index contributed by atoms with van der Waals surface area (Å²) in [5, 5.41) is 1.71. The Hall–Kier alpha value is -2.57. The van der Waals surface area contributed by atoms with Gasteiger partial charge in [0.05, 0.1) is 5.52 Å². The molecule has 3 aromatic rings. The molecule has 0 aliphatic carbocycles. The third kappa shape index (κ3) is 3.70. The molecule has 1 amide bonds. The molecule has 2 aromatic carbocycles. The molecular weight excluding hydrogens is 384 g/mol. The van der Waals surface area contributed by atoms with Crippen molar-refractivity contribution in [2.45, 2.75) is 6.54 Å². The molecule has 2 heterocycles. The summed E-state index contributed by atoms with van der Waals surface area (Å²) in [4.78, 5) is 20.9. The highest BCUT2D eigenvalue weighted by molar-refractivity contribution is 6.32. The molecule has 0 unspecified atom stereocenters. The zero-order valence-electron chi connectivity index (χ0n) is 15.0. The van der Waals surface area contributed by atoms with Gasteiger partial charge in [-0.2, -0.15) is 0 Å². The number of hydrogen-bond acceptors (Lipinski definition) is 3. The van der Waals surface area contributed by atoms with Crippen LogP contribution >= 0.6 is 11.6 Å². The number of nitrogens with zero attached hydrogens (tertiary/aromatic N) is 3. The minimum atomic E-state index is -1.01. The first-order valence-electron chi connectivity index (χ1n) is 9.02. The second-order valence-electron chi connectivity index (χ2n) is 6.80. The van der Waals surface area contributed by atoms with Gasteiger partial charge in [-0.25, -0.2) is 8.78 Å². The summed E-state index contributed by atoms with van der Waals surface area (Å²) < 4.78 is 26.5. The Labute approximate surface area is 166 Å². The van der Waals surface area contributed by atoms with Crippen molar-refractivity contribution in [3.8, 4) is 0 Å². The number of amides is 1. The predicted molar refractivity (Wildman–Crippen MR) is 104 cm³/mol. The molecule has 0 spiro atoms. The fourth-order valence-corrected chi connectivity index (χ4v) is 3.69. The van der Waals surface area contributed by atoms with E-state index in [9.17, 15) is 13.6 Å². The average molecular weight is 402 g/mol. The monoisotopic (exact) mass is 401 g/mol. The normalized spacial score (nSPS) is 15.2. The number of piperazine rings is 1. The highest BCUT2D eigenvalue weighted by Crippen LogP contribution is 2.26. The van der Waals surface area contributed by atoms with E-state index in [1.54, 1.807) is 11.1 Å². The number of rotatable bonds is 3. The summed E-state index contributed by atoms with van der Waals surface area (Å²) in [5.41, 5.74) is 2.02. The maximum Gasteiger partial charge on any atom is 0.254 e. The van der Waals surface area contributed by atoms with Crippen LogP contribution in [0.2, 0.25) is 5.02 Å². The molecule has 0 atom stereocenters. The molecule has 1 aliphatic heterocycles. The Balaban J connectivity index is 1.44. The van der Waals surface area contributed by atoms with Crippen LogP contribution in [-0.4, -0.2) is 46.9 Å². The molecule has 1 aromatic heterocycles. The number of aromatic nitrogens is 1. The molecule has 0 N–H and O–H groups in total. The van der Waals surface area contributed by atoms with Crippen LogP contribution in [0.3, 0.4) is 0 Å². The average Bonchev–Trinajstić information content (AvgIpc) is 2.72. The Morgan fingerprint density at radius 3 is 2.57 bits per heavy atom. The highest BCUT2D eigenvalue weighted by Gasteiger charge is 2.24. The minimum Gasteiger partial charge on any atom is -0.336 e. The fourth-order valence-electron chi connectivity index (χ4n) is 3.48. The summed E-state index contributed by atoms with van der Waals surface area (Å²) in [5.74, 6) is -2.26. The van der Waals surface area contributed by atoms with Crippen LogP contribution < -0.4 is 0 Å². The minimum absolute atomic E-state index is 0.161. The molecule has 144 valence electrons. The van der Waals surface area contributed by atoms with Crippen molar-refractivity contribution in [1.82, 2.24) is 14.8 Å². The van der Waals surface area contributed by atoms with Crippen LogP contribution in [0, 0.1) is 11.6 Å². The third-order valence-corrected chi connectivity index (χ3v) is 5.38. The largest absolute Gasteiger partial charge is 0.336 e. The number of fused-ring (bicyclic) bond motifs is 1. The first kappa shape index (κ1) is 18.8. The summed E-state index contributed by atoms with van der Waals surface area (Å²) in [6.45, 7) is 2.98. The standard InChI is InChI=1S/C21H18ClF2N3O/c22-17-5-3-14-2-1-7-25-20(14)16(17)13-26-8-10-27(11-9-26)21(28)15-4-6-18(23)19(24)12-15/h1-7,12H,8-11,13H2. The van der Waals surface area contributed by atoms with Gasteiger partial charge in [0.15, 0.2) is 11.6 Å². The van der Waals surface area contributed by atoms with Crippen molar-refractivity contribution in [2.24, 2.45) is 0 Å². The van der Waals surface area contributed by atoms with E-state index in [1.165, 1.54) is 6.07 Å². The molecule has 7 heteroatoms. The lowest BCUT2D eigenvalue weighted by Gasteiger charge is -2.35. The lowest BCUT2D eigenvalue weighted by Crippen LogP contribution is -2.48. The van der Waals surface area contributed by atoms with E-state index in [-0.39, 0.29) is 11.5 Å². The van der Waals surface area contributed by atoms with Gasteiger partial charge >= 0.3 is 0 Å². The van der Waals surface area contributed by atoms with E-state index in [0.29, 0.717) is 37.7 Å². The van der Waals surface area contributed by atoms with Gasteiger partial charge in [0.25, 0.3) is 5.91 Å². The smallest absolute Gasteiger partial charge is 0.254 e. The van der Waals surface area contributed by atoms with Gasteiger partial charge in [0.2, 0.25) is 0 Å². The van der Waals surface area contributed by atoms with E-state index in [2.05, 4.69) is 9.88 Å². The maximum absolute atomic E-state index is 13.4. The topological polar surface area (TPSA) is 36.4 Å². The molecule has 0 saturated carbocycles. The van der Waals surface area contributed by atoms with E-state index >= 15 is 0 Å². The fraction of sp³-hybridized carbons (Fsp3) is 0.238. The van der Waals surface area contributed by atoms with Gasteiger partial charge in [-0.1, -0.05) is 23.7 Å². The van der Waals surface area contributed by atoms with Crippen LogP contribution in [-0.2, 0) is 6.54 Å². The molecule has 4 nitrogen and oxygen atoms in total. The van der Waals surface area contributed by atoms with E-state index in [4.69, 9.17) is 11.6 Å². The van der Waals surface area contributed by atoms with Crippen molar-refractivity contribution >= 4 is 28.4 Å². The maximum atomic E-state index is 13.4. The predicted octanol–water partition coefficient (Wildman–Crippen LogP) is 4.12. The zero-order chi connectivity index (χ0) is 19.7. The van der Waals surface area contributed by atoms with Gasteiger partial charge in [0, 0.05) is 60.5 Å². The number of benzene rings is 2. The van der Waals surface area contributed by atoms with E-state index < -0.39 is 11.6 Å². The van der Waals surface area contributed by atoms with Crippen molar-refractivity contribution < 1.29 is 13.6 Å². The molecule has 1 aliphatic rings. The van der Waals surface area contributed by atoms with Gasteiger partial charge in [-0.05, 0) is 30.3 Å². The van der Waals surface area contributed by atoms with Crippen molar-refractivity contribution in [2.75, 3.05) is 26.2 Å². The Kier molecular flexibility index (Phi) is 5.24. The van der Waals surface area contributed by atoms with E-state index in [0.717, 1.165) is 28.6 Å². The summed E-state index contributed by atoms with van der Waals surface area (Å²) in [7, 11) is 0. The number of hydrogen-bond donors (Lipinski definition) is 0. The highest BCUT2D eigenvalue weighted by atomic mass is 35.5. The Morgan fingerprint density at radius 1 is 1.04 bits per heavy atom. The lowest BCUT2D eigenvalue weighted by atomic mass is 10.1. The summed E-state index contributed by atoms with van der Waals surface area (Å²) in [6.07, 6.45) is 1.75. The van der Waals surface area contributed by atoms with Gasteiger partial charge in [-0.3, -0.25) is 14.7 Å². The zero-order valence-corrected chi connectivity index (χ0v) is 15.8. The van der Waals surface area contributed by atoms with Crippen LogP contribution in [0.4, 0.5) is 8.78 Å². The van der Waals surface area contributed by atoms with Crippen molar-refractivity contribution in [3.05, 3.63) is 76.4 Å². The quantitative estimate of drug-likeness (QED) is 0.662. The van der Waals surface area contributed by atoms with Gasteiger partial charge < -0.3 is 4.90 Å².